The van der Waals surface area contributed by atoms with Crippen LogP contribution in [0.15, 0.2) is 41.9 Å². The van der Waals surface area contributed by atoms with Crippen LogP contribution < -0.4 is 10.1 Å². The van der Waals surface area contributed by atoms with Crippen LogP contribution in [0.2, 0.25) is 0 Å². The van der Waals surface area contributed by atoms with Crippen molar-refractivity contribution in [1.29, 1.82) is 0 Å². The van der Waals surface area contributed by atoms with Gasteiger partial charge in [-0.3, -0.25) is 9.36 Å². The number of benzene rings is 1. The van der Waals surface area contributed by atoms with Gasteiger partial charge in [0, 0.05) is 11.4 Å². The normalized spacial score (nSPS) is 11.6. The predicted octanol–water partition coefficient (Wildman–Crippen LogP) is 3.55. The van der Waals surface area contributed by atoms with Crippen molar-refractivity contribution in [3.05, 3.63) is 53.4 Å². The van der Waals surface area contributed by atoms with Crippen molar-refractivity contribution >= 4 is 34.3 Å². The fourth-order valence-corrected chi connectivity index (χ4v) is 3.11. The van der Waals surface area contributed by atoms with E-state index in [0.717, 1.165) is 16.1 Å². The molecule has 12 heteroatoms. The zero-order valence-electron chi connectivity index (χ0n) is 14.6. The molecular formula is C17H11F3N6O2S. The largest absolute Gasteiger partial charge is 0.497 e. The number of rotatable bonds is 4. The molecule has 0 aliphatic carbocycles. The minimum absolute atomic E-state index is 0.120. The second-order valence-corrected chi connectivity index (χ2v) is 6.38. The number of aromatic nitrogens is 5. The van der Waals surface area contributed by atoms with E-state index in [-0.39, 0.29) is 28.2 Å². The van der Waals surface area contributed by atoms with Crippen molar-refractivity contribution < 1.29 is 22.7 Å². The van der Waals surface area contributed by atoms with E-state index >= 15 is 0 Å². The molecule has 0 radical (unpaired) electrons. The topological polar surface area (TPSA) is 94.8 Å². The van der Waals surface area contributed by atoms with Gasteiger partial charge < -0.3 is 10.1 Å². The Kier molecular flexibility index (Phi) is 4.62. The van der Waals surface area contributed by atoms with E-state index in [9.17, 15) is 18.0 Å². The van der Waals surface area contributed by atoms with Gasteiger partial charge in [-0.05, 0) is 35.8 Å². The lowest BCUT2D eigenvalue weighted by Gasteiger charge is -2.12. The highest BCUT2D eigenvalue weighted by atomic mass is 32.1. The second kappa shape index (κ2) is 7.13. The molecule has 0 bridgehead atoms. The molecule has 148 valence electrons. The zero-order chi connectivity index (χ0) is 20.6. The van der Waals surface area contributed by atoms with Crippen molar-refractivity contribution in [2.75, 3.05) is 12.4 Å². The van der Waals surface area contributed by atoms with E-state index in [0.29, 0.717) is 5.75 Å². The number of halogens is 3. The van der Waals surface area contributed by atoms with E-state index < -0.39 is 17.9 Å². The van der Waals surface area contributed by atoms with Crippen molar-refractivity contribution in [3.8, 4) is 11.4 Å². The first-order chi connectivity index (χ1) is 13.9. The summed E-state index contributed by atoms with van der Waals surface area (Å²) in [6.07, 6.45) is -3.47. The molecule has 1 aromatic carbocycles. The number of ether oxygens (including phenoxy) is 1. The molecule has 0 spiro atoms. The second-order valence-electron chi connectivity index (χ2n) is 5.77. The number of amides is 1. The van der Waals surface area contributed by atoms with Crippen LogP contribution in [0.4, 0.5) is 19.0 Å². The standard InChI is InChI=1S/C17H11F3N6O2S/c1-28-10-3-4-13-11(6-10)22-16(17(18,19)20)26(13)9-2-5-14(21-7-9)23-15(27)12-8-29-25-24-12/h2-8H,1H3,(H,21,23,27). The summed E-state index contributed by atoms with van der Waals surface area (Å²) in [5.41, 5.74) is 0.628. The highest BCUT2D eigenvalue weighted by Crippen LogP contribution is 2.34. The molecule has 0 aliphatic heterocycles. The Labute approximate surface area is 165 Å². The summed E-state index contributed by atoms with van der Waals surface area (Å²) in [5.74, 6) is -1.06. The average molecular weight is 420 g/mol. The molecule has 0 saturated heterocycles. The molecule has 29 heavy (non-hydrogen) atoms. The SMILES string of the molecule is COc1ccc2c(c1)nc(C(F)(F)F)n2-c1ccc(NC(=O)c2csnn2)nc1. The van der Waals surface area contributed by atoms with E-state index in [2.05, 4.69) is 24.9 Å². The fourth-order valence-electron chi connectivity index (χ4n) is 2.67. The van der Waals surface area contributed by atoms with Gasteiger partial charge in [0.1, 0.15) is 11.6 Å². The summed E-state index contributed by atoms with van der Waals surface area (Å²) in [6, 6.07) is 7.25. The lowest BCUT2D eigenvalue weighted by atomic mass is 10.3. The Morgan fingerprint density at radius 3 is 2.69 bits per heavy atom. The average Bonchev–Trinajstić information content (AvgIpc) is 3.36. The summed E-state index contributed by atoms with van der Waals surface area (Å²) in [6.45, 7) is 0. The molecule has 4 aromatic rings. The van der Waals surface area contributed by atoms with Crippen LogP contribution in [0.5, 0.6) is 5.75 Å². The van der Waals surface area contributed by atoms with Gasteiger partial charge in [-0.25, -0.2) is 9.97 Å². The molecular weight excluding hydrogens is 409 g/mol. The van der Waals surface area contributed by atoms with Gasteiger partial charge in [-0.15, -0.1) is 5.10 Å². The first-order valence-corrected chi connectivity index (χ1v) is 8.89. The summed E-state index contributed by atoms with van der Waals surface area (Å²) in [5, 5.41) is 7.61. The van der Waals surface area contributed by atoms with Crippen molar-refractivity contribution in [2.24, 2.45) is 0 Å². The van der Waals surface area contributed by atoms with Crippen LogP contribution in [0.1, 0.15) is 16.3 Å². The minimum atomic E-state index is -4.68. The lowest BCUT2D eigenvalue weighted by molar-refractivity contribution is -0.145. The van der Waals surface area contributed by atoms with E-state index in [1.54, 1.807) is 6.07 Å². The van der Waals surface area contributed by atoms with Crippen molar-refractivity contribution in [3.63, 3.8) is 0 Å². The molecule has 0 atom stereocenters. The summed E-state index contributed by atoms with van der Waals surface area (Å²) >= 11 is 1.02. The number of nitrogens with zero attached hydrogens (tertiary/aromatic N) is 5. The summed E-state index contributed by atoms with van der Waals surface area (Å²) in [4.78, 5) is 19.7. The van der Waals surface area contributed by atoms with Crippen LogP contribution in [-0.2, 0) is 6.18 Å². The Bertz CT molecular complexity index is 1170. The first kappa shape index (κ1) is 18.8. The number of pyridine rings is 1. The van der Waals surface area contributed by atoms with Gasteiger partial charge >= 0.3 is 6.18 Å². The molecule has 8 nitrogen and oxygen atoms in total. The number of alkyl halides is 3. The molecule has 1 N–H and O–H groups in total. The summed E-state index contributed by atoms with van der Waals surface area (Å²) in [7, 11) is 1.42. The molecule has 0 unspecified atom stereocenters. The third-order valence-corrected chi connectivity index (χ3v) is 4.46. The highest BCUT2D eigenvalue weighted by molar-refractivity contribution is 7.03. The number of carbonyl (C=O) groups excluding carboxylic acids is 1. The number of carbonyl (C=O) groups is 1. The predicted molar refractivity (Wildman–Crippen MR) is 98.3 cm³/mol. The molecule has 0 saturated carbocycles. The third-order valence-electron chi connectivity index (χ3n) is 3.96. The Morgan fingerprint density at radius 2 is 2.07 bits per heavy atom. The molecule has 0 fully saturated rings. The number of methoxy groups -OCH3 is 1. The molecule has 3 heterocycles. The van der Waals surface area contributed by atoms with Crippen molar-refractivity contribution in [2.45, 2.75) is 6.18 Å². The van der Waals surface area contributed by atoms with Gasteiger partial charge in [0.2, 0.25) is 5.82 Å². The van der Waals surface area contributed by atoms with E-state index in [1.165, 1.54) is 43.0 Å². The van der Waals surface area contributed by atoms with Gasteiger partial charge in [0.25, 0.3) is 5.91 Å². The van der Waals surface area contributed by atoms with E-state index in [4.69, 9.17) is 4.74 Å². The van der Waals surface area contributed by atoms with E-state index in [1.807, 2.05) is 0 Å². The third kappa shape index (κ3) is 3.61. The van der Waals surface area contributed by atoms with Gasteiger partial charge in [0.15, 0.2) is 5.69 Å². The molecule has 3 aromatic heterocycles. The number of fused-ring (bicyclic) bond motifs is 1. The summed E-state index contributed by atoms with van der Waals surface area (Å²) < 4.78 is 50.3. The Morgan fingerprint density at radius 1 is 1.24 bits per heavy atom. The Balaban J connectivity index is 1.73. The first-order valence-electron chi connectivity index (χ1n) is 8.05. The van der Waals surface area contributed by atoms with Crippen LogP contribution in [-0.4, -0.2) is 37.1 Å². The van der Waals surface area contributed by atoms with Crippen LogP contribution >= 0.6 is 11.5 Å². The number of hydrogen-bond donors (Lipinski definition) is 1. The number of nitrogens with one attached hydrogen (secondary N) is 1. The lowest BCUT2D eigenvalue weighted by Crippen LogP contribution is -2.15. The van der Waals surface area contributed by atoms with Crippen molar-refractivity contribution in [1.82, 2.24) is 24.1 Å². The van der Waals surface area contributed by atoms with Crippen LogP contribution in [0.25, 0.3) is 16.7 Å². The molecule has 1 amide bonds. The maximum absolute atomic E-state index is 13.6. The van der Waals surface area contributed by atoms with Gasteiger partial charge in [0.05, 0.1) is 30.0 Å². The highest BCUT2D eigenvalue weighted by Gasteiger charge is 2.38. The minimum Gasteiger partial charge on any atom is -0.497 e. The smallest absolute Gasteiger partial charge is 0.450 e. The zero-order valence-corrected chi connectivity index (χ0v) is 15.5. The number of anilines is 1. The fraction of sp³-hybridized carbons (Fsp3) is 0.118. The Hall–Kier alpha value is -3.54. The number of imidazole rings is 1. The van der Waals surface area contributed by atoms with Gasteiger partial charge in [-0.2, -0.15) is 13.2 Å². The van der Waals surface area contributed by atoms with Crippen LogP contribution in [0.3, 0.4) is 0 Å². The monoisotopic (exact) mass is 420 g/mol. The molecule has 4 rings (SSSR count). The quantitative estimate of drug-likeness (QED) is 0.543. The molecule has 0 aliphatic rings. The van der Waals surface area contributed by atoms with Crippen LogP contribution in [0, 0.1) is 0 Å². The maximum Gasteiger partial charge on any atom is 0.450 e. The number of hydrogen-bond acceptors (Lipinski definition) is 7. The maximum atomic E-state index is 13.6. The van der Waals surface area contributed by atoms with Gasteiger partial charge in [-0.1, -0.05) is 4.49 Å².